The van der Waals surface area contributed by atoms with E-state index in [1.807, 2.05) is 31.2 Å². The van der Waals surface area contributed by atoms with Crippen LogP contribution in [-0.2, 0) is 0 Å². The Labute approximate surface area is 109 Å². The summed E-state index contributed by atoms with van der Waals surface area (Å²) in [6.45, 7) is 8.29. The van der Waals surface area contributed by atoms with E-state index in [1.54, 1.807) is 7.11 Å². The highest BCUT2D eigenvalue weighted by Gasteiger charge is 2.14. The van der Waals surface area contributed by atoms with Gasteiger partial charge in [-0.3, -0.25) is 0 Å². The first-order valence-corrected chi connectivity index (χ1v) is 6.25. The molecule has 1 aromatic rings. The predicted octanol–water partition coefficient (Wildman–Crippen LogP) is 2.59. The van der Waals surface area contributed by atoms with E-state index in [9.17, 15) is 5.11 Å². The van der Waals surface area contributed by atoms with Gasteiger partial charge in [0.15, 0.2) is 0 Å². The van der Waals surface area contributed by atoms with Crippen molar-refractivity contribution in [1.82, 2.24) is 5.32 Å². The van der Waals surface area contributed by atoms with Crippen molar-refractivity contribution in [2.45, 2.75) is 32.4 Å². The molecule has 0 bridgehead atoms. The van der Waals surface area contributed by atoms with Crippen molar-refractivity contribution in [3.05, 3.63) is 42.0 Å². The molecule has 0 aromatic heterocycles. The Kier molecular flexibility index (Phi) is 5.89. The number of aliphatic hydroxyl groups excluding tert-OH is 1. The van der Waals surface area contributed by atoms with Gasteiger partial charge in [-0.25, -0.2) is 0 Å². The smallest absolute Gasteiger partial charge is 0.124 e. The van der Waals surface area contributed by atoms with Crippen LogP contribution in [0.5, 0.6) is 5.75 Å². The molecule has 0 fully saturated rings. The van der Waals surface area contributed by atoms with Crippen LogP contribution < -0.4 is 10.1 Å². The van der Waals surface area contributed by atoms with Crippen molar-refractivity contribution in [2.24, 2.45) is 0 Å². The van der Waals surface area contributed by atoms with Gasteiger partial charge in [0.25, 0.3) is 0 Å². The first-order valence-electron chi connectivity index (χ1n) is 6.25. The molecule has 2 unspecified atom stereocenters. The maximum Gasteiger partial charge on any atom is 0.124 e. The summed E-state index contributed by atoms with van der Waals surface area (Å²) in [6, 6.07) is 6.14. The van der Waals surface area contributed by atoms with E-state index in [-0.39, 0.29) is 0 Å². The van der Waals surface area contributed by atoms with Gasteiger partial charge in [0.2, 0.25) is 0 Å². The van der Waals surface area contributed by atoms with E-state index in [0.29, 0.717) is 12.6 Å². The number of aliphatic hydroxyl groups is 1. The summed E-state index contributed by atoms with van der Waals surface area (Å²) in [5, 5.41) is 13.5. The standard InChI is InChI=1S/C15H23NO2/c1-5-6-12(3)16-10-14(17)13-9-11(2)7-8-15(13)18-4/h5,7-9,12,14,16-17H,1,6,10H2,2-4H3. The first-order chi connectivity index (χ1) is 8.58. The van der Waals surface area contributed by atoms with E-state index in [1.165, 1.54) is 0 Å². The molecule has 0 aliphatic rings. The highest BCUT2D eigenvalue weighted by Crippen LogP contribution is 2.25. The summed E-state index contributed by atoms with van der Waals surface area (Å²) < 4.78 is 5.27. The molecule has 2 atom stereocenters. The second-order valence-electron chi connectivity index (χ2n) is 4.59. The Morgan fingerprint density at radius 3 is 2.83 bits per heavy atom. The second kappa shape index (κ2) is 7.19. The van der Waals surface area contributed by atoms with Crippen LogP contribution >= 0.6 is 0 Å². The van der Waals surface area contributed by atoms with Crippen molar-refractivity contribution < 1.29 is 9.84 Å². The zero-order valence-electron chi connectivity index (χ0n) is 11.4. The fourth-order valence-corrected chi connectivity index (χ4v) is 1.87. The number of hydrogen-bond acceptors (Lipinski definition) is 3. The zero-order valence-corrected chi connectivity index (χ0v) is 11.4. The molecule has 100 valence electrons. The van der Waals surface area contributed by atoms with Crippen molar-refractivity contribution in [1.29, 1.82) is 0 Å². The van der Waals surface area contributed by atoms with Gasteiger partial charge in [-0.1, -0.05) is 17.7 Å². The fourth-order valence-electron chi connectivity index (χ4n) is 1.87. The number of hydrogen-bond donors (Lipinski definition) is 2. The van der Waals surface area contributed by atoms with Crippen LogP contribution in [0.2, 0.25) is 0 Å². The SMILES string of the molecule is C=CCC(C)NCC(O)c1cc(C)ccc1OC. The van der Waals surface area contributed by atoms with E-state index in [0.717, 1.165) is 23.3 Å². The van der Waals surface area contributed by atoms with Gasteiger partial charge in [0, 0.05) is 18.2 Å². The average molecular weight is 249 g/mol. The molecule has 0 heterocycles. The van der Waals surface area contributed by atoms with Crippen LogP contribution in [0.15, 0.2) is 30.9 Å². The molecule has 0 radical (unpaired) electrons. The van der Waals surface area contributed by atoms with Gasteiger partial charge in [-0.15, -0.1) is 6.58 Å². The number of nitrogens with one attached hydrogen (secondary N) is 1. The Balaban J connectivity index is 2.68. The summed E-state index contributed by atoms with van der Waals surface area (Å²) >= 11 is 0. The van der Waals surface area contributed by atoms with Gasteiger partial charge in [-0.2, -0.15) is 0 Å². The summed E-state index contributed by atoms with van der Waals surface area (Å²) in [5.74, 6) is 0.728. The number of rotatable bonds is 7. The van der Waals surface area contributed by atoms with Crippen molar-refractivity contribution >= 4 is 0 Å². The van der Waals surface area contributed by atoms with Crippen LogP contribution in [0.25, 0.3) is 0 Å². The summed E-state index contributed by atoms with van der Waals surface area (Å²) in [4.78, 5) is 0. The third-order valence-electron chi connectivity index (χ3n) is 2.92. The zero-order chi connectivity index (χ0) is 13.5. The minimum absolute atomic E-state index is 0.313. The minimum atomic E-state index is -0.563. The fraction of sp³-hybridized carbons (Fsp3) is 0.467. The van der Waals surface area contributed by atoms with Crippen LogP contribution in [0, 0.1) is 6.92 Å². The molecule has 0 saturated carbocycles. The molecule has 0 saturated heterocycles. The topological polar surface area (TPSA) is 41.5 Å². The third-order valence-corrected chi connectivity index (χ3v) is 2.92. The molecule has 0 amide bonds. The molecule has 1 aromatic carbocycles. The lowest BCUT2D eigenvalue weighted by Crippen LogP contribution is -2.30. The van der Waals surface area contributed by atoms with Crippen LogP contribution in [0.3, 0.4) is 0 Å². The van der Waals surface area contributed by atoms with Crippen molar-refractivity contribution in [3.8, 4) is 5.75 Å². The maximum atomic E-state index is 10.2. The molecular formula is C15H23NO2. The van der Waals surface area contributed by atoms with E-state index in [2.05, 4.69) is 18.8 Å². The predicted molar refractivity (Wildman–Crippen MR) is 75.0 cm³/mol. The molecule has 3 nitrogen and oxygen atoms in total. The third kappa shape index (κ3) is 4.17. The lowest BCUT2D eigenvalue weighted by atomic mass is 10.0. The lowest BCUT2D eigenvalue weighted by Gasteiger charge is -2.18. The Hall–Kier alpha value is -1.32. The maximum absolute atomic E-state index is 10.2. The molecular weight excluding hydrogens is 226 g/mol. The summed E-state index contributed by atoms with van der Waals surface area (Å²) in [6.07, 6.45) is 2.20. The Morgan fingerprint density at radius 1 is 1.50 bits per heavy atom. The molecule has 0 aliphatic heterocycles. The average Bonchev–Trinajstić information content (AvgIpc) is 2.36. The molecule has 18 heavy (non-hydrogen) atoms. The number of benzene rings is 1. The largest absolute Gasteiger partial charge is 0.496 e. The molecule has 0 aliphatic carbocycles. The highest BCUT2D eigenvalue weighted by atomic mass is 16.5. The van der Waals surface area contributed by atoms with Crippen LogP contribution in [0.4, 0.5) is 0 Å². The molecule has 3 heteroatoms. The van der Waals surface area contributed by atoms with Gasteiger partial charge in [-0.05, 0) is 32.4 Å². The quantitative estimate of drug-likeness (QED) is 0.730. The molecule has 0 spiro atoms. The highest BCUT2D eigenvalue weighted by molar-refractivity contribution is 5.38. The molecule has 2 N–H and O–H groups in total. The van der Waals surface area contributed by atoms with E-state index < -0.39 is 6.10 Å². The normalized spacial score (nSPS) is 14.0. The second-order valence-corrected chi connectivity index (χ2v) is 4.59. The minimum Gasteiger partial charge on any atom is -0.496 e. The van der Waals surface area contributed by atoms with Gasteiger partial charge >= 0.3 is 0 Å². The monoisotopic (exact) mass is 249 g/mol. The van der Waals surface area contributed by atoms with Crippen LogP contribution in [0.1, 0.15) is 30.6 Å². The van der Waals surface area contributed by atoms with Gasteiger partial charge in [0.1, 0.15) is 5.75 Å². The molecule has 1 rings (SSSR count). The summed E-state index contributed by atoms with van der Waals surface area (Å²) in [5.41, 5.74) is 1.94. The van der Waals surface area contributed by atoms with Crippen LogP contribution in [-0.4, -0.2) is 24.8 Å². The number of methoxy groups -OCH3 is 1. The Morgan fingerprint density at radius 2 is 2.22 bits per heavy atom. The van der Waals surface area contributed by atoms with Crippen molar-refractivity contribution in [3.63, 3.8) is 0 Å². The van der Waals surface area contributed by atoms with Gasteiger partial charge in [0.05, 0.1) is 13.2 Å². The number of aryl methyl sites for hydroxylation is 1. The first kappa shape index (κ1) is 14.7. The van der Waals surface area contributed by atoms with E-state index >= 15 is 0 Å². The van der Waals surface area contributed by atoms with E-state index in [4.69, 9.17) is 4.74 Å². The van der Waals surface area contributed by atoms with Gasteiger partial charge < -0.3 is 15.2 Å². The van der Waals surface area contributed by atoms with Crippen molar-refractivity contribution in [2.75, 3.05) is 13.7 Å². The summed E-state index contributed by atoms with van der Waals surface area (Å²) in [7, 11) is 1.62. The number of ether oxygens (including phenoxy) is 1. The lowest BCUT2D eigenvalue weighted by molar-refractivity contribution is 0.166. The Bertz CT molecular complexity index is 390.